The van der Waals surface area contributed by atoms with Crippen LogP contribution in [0.1, 0.15) is 0 Å². The molecule has 0 aromatic rings. The molecule has 1 heterocycles. The number of carbonyl (C=O) groups excluding carboxylic acids is 2. The van der Waals surface area contributed by atoms with Crippen LogP contribution < -0.4 is 5.73 Å². The number of hydrogen-bond acceptors (Lipinski definition) is 5. The highest BCUT2D eigenvalue weighted by Crippen LogP contribution is 2.16. The lowest BCUT2D eigenvalue weighted by Gasteiger charge is -2.12. The molecule has 7 heteroatoms. The van der Waals surface area contributed by atoms with Gasteiger partial charge in [-0.3, -0.25) is 9.59 Å². The molecular weight excluding hydrogens is 244 g/mol. The Hall–Kier alpha value is -1.11. The summed E-state index contributed by atoms with van der Waals surface area (Å²) in [5.41, 5.74) is 5.13. The zero-order valence-corrected chi connectivity index (χ0v) is 8.28. The van der Waals surface area contributed by atoms with Crippen molar-refractivity contribution in [3.8, 4) is 0 Å². The van der Waals surface area contributed by atoms with Crippen LogP contribution >= 0.6 is 15.9 Å². The number of hydrogen-bond donors (Lipinski definition) is 1. The largest absolute Gasteiger partial charge is 0.468 e. The van der Waals surface area contributed by atoms with Crippen molar-refractivity contribution >= 4 is 33.8 Å². The predicted octanol–water partition coefficient (Wildman–Crippen LogP) is -0.837. The number of aliphatic imine (C=N–C) groups is 1. The topological polar surface area (TPSA) is 91.0 Å². The first-order valence-corrected chi connectivity index (χ1v) is 4.24. The van der Waals surface area contributed by atoms with Gasteiger partial charge >= 0.3 is 5.97 Å². The molecule has 0 saturated heterocycles. The van der Waals surface area contributed by atoms with Crippen LogP contribution in [0, 0.1) is 0 Å². The Morgan fingerprint density at radius 1 is 1.85 bits per heavy atom. The molecule has 6 nitrogen and oxygen atoms in total. The Bertz CT molecular complexity index is 278. The summed E-state index contributed by atoms with van der Waals surface area (Å²) in [5, 5.41) is 0. The molecule has 1 rings (SSSR count). The maximum Gasteiger partial charge on any atom is 0.323 e. The number of halogens is 1. The first kappa shape index (κ1) is 9.97. The van der Waals surface area contributed by atoms with E-state index in [1.165, 1.54) is 7.11 Å². The van der Waals surface area contributed by atoms with Gasteiger partial charge in [-0.2, -0.15) is 4.99 Å². The number of amidine groups is 1. The van der Waals surface area contributed by atoms with E-state index in [0.29, 0.717) is 0 Å². The van der Waals surface area contributed by atoms with E-state index < -0.39 is 22.8 Å². The van der Waals surface area contributed by atoms with E-state index in [2.05, 4.69) is 25.7 Å². The van der Waals surface area contributed by atoms with Gasteiger partial charge in [-0.1, -0.05) is 15.9 Å². The fourth-order valence-electron chi connectivity index (χ4n) is 0.800. The van der Waals surface area contributed by atoms with Crippen molar-refractivity contribution in [1.82, 2.24) is 0 Å². The first-order valence-electron chi connectivity index (χ1n) is 3.33. The Morgan fingerprint density at radius 3 is 2.85 bits per heavy atom. The molecule has 2 unspecified atom stereocenters. The molecule has 0 spiro atoms. The summed E-state index contributed by atoms with van der Waals surface area (Å²) in [4.78, 5) is 24.4. The molecule has 0 aliphatic carbocycles. The standard InChI is InChI=1S/C6H7BrN2O4/c1-12-5(11)2(7)3-4(10)9-6(8)13-3/h2-3H,1H3,(H2,8,9,10). The number of ether oxygens (including phenoxy) is 2. The third kappa shape index (κ3) is 1.97. The molecule has 0 aromatic carbocycles. The molecule has 72 valence electrons. The van der Waals surface area contributed by atoms with Gasteiger partial charge in [0.15, 0.2) is 4.83 Å². The fourth-order valence-corrected chi connectivity index (χ4v) is 1.32. The van der Waals surface area contributed by atoms with Crippen molar-refractivity contribution in [2.75, 3.05) is 7.11 Å². The molecule has 13 heavy (non-hydrogen) atoms. The summed E-state index contributed by atoms with van der Waals surface area (Å²) < 4.78 is 9.19. The van der Waals surface area contributed by atoms with Crippen LogP contribution in [0.5, 0.6) is 0 Å². The molecular formula is C6H7BrN2O4. The third-order valence-corrected chi connectivity index (χ3v) is 2.26. The van der Waals surface area contributed by atoms with Gasteiger partial charge in [-0.05, 0) is 0 Å². The molecule has 1 aliphatic heterocycles. The Kier molecular flexibility index (Phi) is 2.86. The van der Waals surface area contributed by atoms with E-state index in [1.54, 1.807) is 0 Å². The van der Waals surface area contributed by atoms with E-state index in [9.17, 15) is 9.59 Å². The molecule has 0 fully saturated rings. The van der Waals surface area contributed by atoms with Crippen molar-refractivity contribution in [3.05, 3.63) is 0 Å². The van der Waals surface area contributed by atoms with Gasteiger partial charge in [-0.15, -0.1) is 0 Å². The third-order valence-electron chi connectivity index (χ3n) is 1.40. The zero-order chi connectivity index (χ0) is 10.0. The maximum atomic E-state index is 11.0. The van der Waals surface area contributed by atoms with Gasteiger partial charge in [-0.25, -0.2) is 0 Å². The first-order chi connectivity index (χ1) is 6.06. The summed E-state index contributed by atoms with van der Waals surface area (Å²) in [6.45, 7) is 0. The maximum absolute atomic E-state index is 11.0. The number of amides is 1. The van der Waals surface area contributed by atoms with E-state index in [4.69, 9.17) is 10.5 Å². The second kappa shape index (κ2) is 3.73. The fraction of sp³-hybridized carbons (Fsp3) is 0.500. The van der Waals surface area contributed by atoms with Crippen molar-refractivity contribution in [2.24, 2.45) is 10.7 Å². The average Bonchev–Trinajstić information content (AvgIpc) is 2.42. The number of nitrogens with two attached hydrogens (primary N) is 1. The summed E-state index contributed by atoms with van der Waals surface area (Å²) in [7, 11) is 1.21. The van der Waals surface area contributed by atoms with E-state index >= 15 is 0 Å². The highest BCUT2D eigenvalue weighted by molar-refractivity contribution is 9.10. The van der Waals surface area contributed by atoms with Crippen molar-refractivity contribution in [3.63, 3.8) is 0 Å². The van der Waals surface area contributed by atoms with Crippen LogP contribution in [0.15, 0.2) is 4.99 Å². The van der Waals surface area contributed by atoms with E-state index in [1.807, 2.05) is 0 Å². The number of rotatable bonds is 2. The normalized spacial score (nSPS) is 23.4. The molecule has 0 bridgehead atoms. The molecule has 0 saturated carbocycles. The predicted molar refractivity (Wildman–Crippen MR) is 46.2 cm³/mol. The highest BCUT2D eigenvalue weighted by atomic mass is 79.9. The minimum atomic E-state index is -1.02. The van der Waals surface area contributed by atoms with E-state index in [-0.39, 0.29) is 6.02 Å². The summed E-state index contributed by atoms with van der Waals surface area (Å²) >= 11 is 2.95. The number of methoxy groups -OCH3 is 1. The summed E-state index contributed by atoms with van der Waals surface area (Å²) in [5.74, 6) is -1.20. The average molecular weight is 251 g/mol. The number of alkyl halides is 1. The quantitative estimate of drug-likeness (QED) is 0.510. The van der Waals surface area contributed by atoms with Gasteiger partial charge in [0, 0.05) is 0 Å². The number of carbonyl (C=O) groups is 2. The monoisotopic (exact) mass is 250 g/mol. The van der Waals surface area contributed by atoms with Gasteiger partial charge in [0.2, 0.25) is 6.10 Å². The van der Waals surface area contributed by atoms with Crippen LogP contribution in [0.3, 0.4) is 0 Å². The smallest absolute Gasteiger partial charge is 0.323 e. The summed E-state index contributed by atoms with van der Waals surface area (Å²) in [6.07, 6.45) is -1.02. The minimum Gasteiger partial charge on any atom is -0.468 e. The zero-order valence-electron chi connectivity index (χ0n) is 6.69. The van der Waals surface area contributed by atoms with Crippen molar-refractivity contribution in [1.29, 1.82) is 0 Å². The van der Waals surface area contributed by atoms with Crippen LogP contribution in [0.25, 0.3) is 0 Å². The Balaban J connectivity index is 2.66. The van der Waals surface area contributed by atoms with Crippen molar-refractivity contribution in [2.45, 2.75) is 10.9 Å². The molecule has 2 atom stereocenters. The molecule has 1 aliphatic rings. The lowest BCUT2D eigenvalue weighted by molar-refractivity contribution is -0.143. The Morgan fingerprint density at radius 2 is 2.46 bits per heavy atom. The second-order valence-corrected chi connectivity index (χ2v) is 3.24. The number of nitrogens with zero attached hydrogens (tertiary/aromatic N) is 1. The van der Waals surface area contributed by atoms with E-state index in [0.717, 1.165) is 0 Å². The SMILES string of the molecule is COC(=O)C(Br)C1OC(N)=NC1=O. The highest BCUT2D eigenvalue weighted by Gasteiger charge is 2.38. The second-order valence-electron chi connectivity index (χ2n) is 2.25. The summed E-state index contributed by atoms with van der Waals surface area (Å²) in [6, 6.07) is -0.233. The van der Waals surface area contributed by atoms with Gasteiger partial charge in [0.25, 0.3) is 11.9 Å². The molecule has 2 N–H and O–H groups in total. The Labute approximate surface area is 82.2 Å². The van der Waals surface area contributed by atoms with Crippen LogP contribution in [0.4, 0.5) is 0 Å². The van der Waals surface area contributed by atoms with Crippen LogP contribution in [-0.4, -0.2) is 35.9 Å². The van der Waals surface area contributed by atoms with Gasteiger partial charge in [0.05, 0.1) is 7.11 Å². The number of esters is 1. The van der Waals surface area contributed by atoms with Crippen LogP contribution in [-0.2, 0) is 19.1 Å². The molecule has 0 radical (unpaired) electrons. The lowest BCUT2D eigenvalue weighted by atomic mass is 10.2. The van der Waals surface area contributed by atoms with Gasteiger partial charge < -0.3 is 15.2 Å². The van der Waals surface area contributed by atoms with Crippen molar-refractivity contribution < 1.29 is 19.1 Å². The molecule has 1 amide bonds. The lowest BCUT2D eigenvalue weighted by Crippen LogP contribution is -2.36. The molecule has 0 aromatic heterocycles. The van der Waals surface area contributed by atoms with Crippen LogP contribution in [0.2, 0.25) is 0 Å². The minimum absolute atomic E-state index is 0.233. The van der Waals surface area contributed by atoms with Gasteiger partial charge in [0.1, 0.15) is 0 Å².